The number of carbonyl (C=O) groups is 1. The van der Waals surface area contributed by atoms with Crippen LogP contribution in [-0.2, 0) is 18.3 Å². The fourth-order valence-corrected chi connectivity index (χ4v) is 4.94. The van der Waals surface area contributed by atoms with E-state index in [2.05, 4.69) is 23.4 Å². The molecular weight excluding hydrogens is 454 g/mol. The molecule has 4 rings (SSSR count). The topological polar surface area (TPSA) is 81.5 Å². The first-order chi connectivity index (χ1) is 17.2. The summed E-state index contributed by atoms with van der Waals surface area (Å²) in [6.07, 6.45) is 5.69. The normalized spacial score (nSPS) is 17.6. The van der Waals surface area contributed by atoms with Crippen LogP contribution < -0.4 is 14.8 Å². The van der Waals surface area contributed by atoms with Gasteiger partial charge >= 0.3 is 0 Å². The number of aryl methyl sites for hydroxylation is 3. The van der Waals surface area contributed by atoms with E-state index in [0.29, 0.717) is 24.6 Å². The predicted octanol–water partition coefficient (Wildman–Crippen LogP) is 4.58. The van der Waals surface area contributed by atoms with Crippen molar-refractivity contribution in [2.24, 2.45) is 7.05 Å². The molecule has 3 heterocycles. The minimum absolute atomic E-state index is 0.0812. The first kappa shape index (κ1) is 25.5. The Kier molecular flexibility index (Phi) is 7.24. The first-order valence-corrected chi connectivity index (χ1v) is 12.5. The SMILES string of the molecule is CCN(C[C@@]1(C)CCc2cc(-c3cnn(C)c3)c(C)nc2N1)C(=O)[C@H](C)c1cc(OC)cc(OC)c1. The van der Waals surface area contributed by atoms with Crippen molar-refractivity contribution in [2.75, 3.05) is 32.6 Å². The quantitative estimate of drug-likeness (QED) is 0.497. The molecule has 1 N–H and O–H groups in total. The summed E-state index contributed by atoms with van der Waals surface area (Å²) >= 11 is 0. The Morgan fingerprint density at radius 2 is 1.92 bits per heavy atom. The molecule has 1 aliphatic heterocycles. The Bertz CT molecular complexity index is 1230. The zero-order valence-corrected chi connectivity index (χ0v) is 22.4. The molecule has 36 heavy (non-hydrogen) atoms. The van der Waals surface area contributed by atoms with Crippen molar-refractivity contribution in [1.82, 2.24) is 19.7 Å². The molecular formula is C28H37N5O3. The molecule has 3 aromatic rings. The standard InChI is InChI=1S/C28H37N5O3/c1-8-33(27(34)18(2)21-11-23(35-6)14-24(12-21)36-7)17-28(4)10-9-20-13-25(19(3)30-26(20)31-28)22-15-29-32(5)16-22/h11-16,18H,8-10,17H2,1-7H3,(H,30,31)/t18-,28-/m1/s1. The summed E-state index contributed by atoms with van der Waals surface area (Å²) in [4.78, 5) is 20.4. The Morgan fingerprint density at radius 1 is 1.22 bits per heavy atom. The molecule has 1 amide bonds. The Morgan fingerprint density at radius 3 is 2.50 bits per heavy atom. The number of nitrogens with zero attached hydrogens (tertiary/aromatic N) is 4. The molecule has 1 aliphatic rings. The van der Waals surface area contributed by atoms with Gasteiger partial charge in [0.05, 0.1) is 31.9 Å². The van der Waals surface area contributed by atoms with Gasteiger partial charge in [-0.2, -0.15) is 5.10 Å². The molecule has 0 radical (unpaired) electrons. The molecule has 0 fully saturated rings. The number of carbonyl (C=O) groups excluding carboxylic acids is 1. The Balaban J connectivity index is 1.52. The number of methoxy groups -OCH3 is 2. The van der Waals surface area contributed by atoms with E-state index < -0.39 is 0 Å². The summed E-state index contributed by atoms with van der Waals surface area (Å²) in [6.45, 7) is 9.40. The average Bonchev–Trinajstić information content (AvgIpc) is 3.31. The summed E-state index contributed by atoms with van der Waals surface area (Å²) in [5, 5.41) is 7.97. The number of pyridine rings is 1. The molecule has 0 bridgehead atoms. The van der Waals surface area contributed by atoms with Crippen LogP contribution in [0.15, 0.2) is 36.7 Å². The fourth-order valence-electron chi connectivity index (χ4n) is 4.94. The lowest BCUT2D eigenvalue weighted by Crippen LogP contribution is -2.51. The number of hydrogen-bond acceptors (Lipinski definition) is 6. The largest absolute Gasteiger partial charge is 0.497 e. The van der Waals surface area contributed by atoms with E-state index in [0.717, 1.165) is 41.0 Å². The number of rotatable bonds is 8. The highest BCUT2D eigenvalue weighted by atomic mass is 16.5. The van der Waals surface area contributed by atoms with Gasteiger partial charge in [0.2, 0.25) is 5.91 Å². The van der Waals surface area contributed by atoms with Crippen LogP contribution in [0.1, 0.15) is 49.9 Å². The van der Waals surface area contributed by atoms with Crippen LogP contribution in [0.2, 0.25) is 0 Å². The molecule has 0 saturated heterocycles. The van der Waals surface area contributed by atoms with Gasteiger partial charge in [-0.25, -0.2) is 4.98 Å². The molecule has 192 valence electrons. The predicted molar refractivity (Wildman–Crippen MR) is 142 cm³/mol. The van der Waals surface area contributed by atoms with Gasteiger partial charge in [0, 0.05) is 49.2 Å². The average molecular weight is 492 g/mol. The number of likely N-dealkylation sites (N-methyl/N-ethyl adjacent to an activating group) is 1. The van der Waals surface area contributed by atoms with Crippen LogP contribution in [-0.4, -0.2) is 58.4 Å². The van der Waals surface area contributed by atoms with Crippen LogP contribution in [0.3, 0.4) is 0 Å². The number of fused-ring (bicyclic) bond motifs is 1. The third kappa shape index (κ3) is 5.17. The summed E-state index contributed by atoms with van der Waals surface area (Å²) < 4.78 is 12.6. The van der Waals surface area contributed by atoms with E-state index in [-0.39, 0.29) is 17.4 Å². The van der Waals surface area contributed by atoms with Gasteiger partial charge in [-0.15, -0.1) is 0 Å². The van der Waals surface area contributed by atoms with Crippen molar-refractivity contribution in [2.45, 2.75) is 52.0 Å². The summed E-state index contributed by atoms with van der Waals surface area (Å²) in [5.41, 5.74) is 4.94. The highest BCUT2D eigenvalue weighted by molar-refractivity contribution is 5.84. The Labute approximate surface area is 213 Å². The molecule has 1 aromatic carbocycles. The van der Waals surface area contributed by atoms with Gasteiger partial charge in [-0.3, -0.25) is 9.48 Å². The third-order valence-corrected chi connectivity index (χ3v) is 7.15. The van der Waals surface area contributed by atoms with Crippen molar-refractivity contribution < 1.29 is 14.3 Å². The highest BCUT2D eigenvalue weighted by Crippen LogP contribution is 2.35. The summed E-state index contributed by atoms with van der Waals surface area (Å²) in [6, 6.07) is 7.85. The van der Waals surface area contributed by atoms with Gasteiger partial charge in [0.25, 0.3) is 0 Å². The van der Waals surface area contributed by atoms with Gasteiger partial charge in [-0.1, -0.05) is 0 Å². The summed E-state index contributed by atoms with van der Waals surface area (Å²) in [5.74, 6) is 2.02. The van der Waals surface area contributed by atoms with Crippen molar-refractivity contribution in [3.05, 3.63) is 53.5 Å². The maximum Gasteiger partial charge on any atom is 0.229 e. The Hall–Kier alpha value is -3.55. The van der Waals surface area contributed by atoms with Crippen molar-refractivity contribution in [1.29, 1.82) is 0 Å². The molecule has 0 spiro atoms. The van der Waals surface area contributed by atoms with E-state index in [1.165, 1.54) is 5.56 Å². The van der Waals surface area contributed by atoms with Gasteiger partial charge in [0.1, 0.15) is 17.3 Å². The number of nitrogens with one attached hydrogen (secondary N) is 1. The van der Waals surface area contributed by atoms with E-state index in [9.17, 15) is 4.79 Å². The number of amides is 1. The van der Waals surface area contributed by atoms with Crippen LogP contribution in [0.5, 0.6) is 11.5 Å². The number of ether oxygens (including phenoxy) is 2. The van der Waals surface area contributed by atoms with E-state index in [1.807, 2.05) is 68.0 Å². The number of hydrogen-bond donors (Lipinski definition) is 1. The molecule has 8 heteroatoms. The van der Waals surface area contributed by atoms with Gasteiger partial charge in [0.15, 0.2) is 0 Å². The second-order valence-electron chi connectivity index (χ2n) is 9.94. The zero-order valence-electron chi connectivity index (χ0n) is 22.4. The second-order valence-corrected chi connectivity index (χ2v) is 9.94. The molecule has 2 aromatic heterocycles. The maximum absolute atomic E-state index is 13.6. The molecule has 8 nitrogen and oxygen atoms in total. The number of anilines is 1. The maximum atomic E-state index is 13.6. The van der Waals surface area contributed by atoms with Crippen molar-refractivity contribution in [3.8, 4) is 22.6 Å². The monoisotopic (exact) mass is 491 g/mol. The number of aromatic nitrogens is 3. The van der Waals surface area contributed by atoms with Gasteiger partial charge in [-0.05, 0) is 69.9 Å². The lowest BCUT2D eigenvalue weighted by Gasteiger charge is -2.40. The lowest BCUT2D eigenvalue weighted by molar-refractivity contribution is -0.133. The van der Waals surface area contributed by atoms with Crippen LogP contribution >= 0.6 is 0 Å². The van der Waals surface area contributed by atoms with E-state index >= 15 is 0 Å². The highest BCUT2D eigenvalue weighted by Gasteiger charge is 2.35. The zero-order chi connectivity index (χ0) is 26.0. The van der Waals surface area contributed by atoms with Crippen LogP contribution in [0.25, 0.3) is 11.1 Å². The molecule has 2 atom stereocenters. The fraction of sp³-hybridized carbons (Fsp3) is 0.464. The third-order valence-electron chi connectivity index (χ3n) is 7.15. The van der Waals surface area contributed by atoms with E-state index in [4.69, 9.17) is 14.5 Å². The van der Waals surface area contributed by atoms with Crippen LogP contribution in [0.4, 0.5) is 5.82 Å². The van der Waals surface area contributed by atoms with E-state index in [1.54, 1.807) is 14.2 Å². The minimum Gasteiger partial charge on any atom is -0.497 e. The number of benzene rings is 1. The van der Waals surface area contributed by atoms with Gasteiger partial charge < -0.3 is 19.7 Å². The van der Waals surface area contributed by atoms with Crippen LogP contribution in [0, 0.1) is 6.92 Å². The molecule has 0 saturated carbocycles. The van der Waals surface area contributed by atoms with Crippen molar-refractivity contribution >= 4 is 11.7 Å². The lowest BCUT2D eigenvalue weighted by atomic mass is 9.87. The molecule has 0 unspecified atom stereocenters. The smallest absolute Gasteiger partial charge is 0.229 e. The minimum atomic E-state index is -0.323. The first-order valence-electron chi connectivity index (χ1n) is 12.5. The molecule has 0 aliphatic carbocycles. The second kappa shape index (κ2) is 10.2. The van der Waals surface area contributed by atoms with Crippen molar-refractivity contribution in [3.63, 3.8) is 0 Å². The summed E-state index contributed by atoms with van der Waals surface area (Å²) in [7, 11) is 5.16.